The van der Waals surface area contributed by atoms with E-state index in [4.69, 9.17) is 0 Å². The number of thiazole rings is 1. The van der Waals surface area contributed by atoms with Crippen molar-refractivity contribution in [3.8, 4) is 0 Å². The van der Waals surface area contributed by atoms with Crippen molar-refractivity contribution in [2.75, 3.05) is 18.4 Å². The third-order valence-electron chi connectivity index (χ3n) is 5.26. The minimum Gasteiger partial charge on any atom is -0.338 e. The summed E-state index contributed by atoms with van der Waals surface area (Å²) in [6.07, 6.45) is 4.31. The van der Waals surface area contributed by atoms with E-state index in [0.717, 1.165) is 34.7 Å². The molecule has 154 valence electrons. The minimum absolute atomic E-state index is 0.0283. The van der Waals surface area contributed by atoms with Crippen molar-refractivity contribution in [3.05, 3.63) is 65.2 Å². The number of anilines is 1. The first-order valence-corrected chi connectivity index (χ1v) is 11.0. The van der Waals surface area contributed by atoms with Crippen LogP contribution in [0.15, 0.2) is 54.6 Å². The fraction of sp³-hybridized carbons (Fsp3) is 0.292. The Hall–Kier alpha value is -2.99. The number of carbonyl (C=O) groups excluding carboxylic acids is 2. The highest BCUT2D eigenvalue weighted by Crippen LogP contribution is 2.25. The van der Waals surface area contributed by atoms with Crippen LogP contribution in [0.4, 0.5) is 5.69 Å². The summed E-state index contributed by atoms with van der Waals surface area (Å²) in [7, 11) is 0. The van der Waals surface area contributed by atoms with Crippen LogP contribution in [-0.2, 0) is 4.79 Å². The summed E-state index contributed by atoms with van der Waals surface area (Å²) < 4.78 is 1.08. The van der Waals surface area contributed by atoms with Crippen LogP contribution in [0.3, 0.4) is 0 Å². The van der Waals surface area contributed by atoms with Crippen LogP contribution in [0.2, 0.25) is 0 Å². The Labute approximate surface area is 180 Å². The van der Waals surface area contributed by atoms with Crippen LogP contribution in [0.25, 0.3) is 16.3 Å². The molecule has 0 aliphatic carbocycles. The molecule has 2 aromatic carbocycles. The Morgan fingerprint density at radius 3 is 2.53 bits per heavy atom. The van der Waals surface area contributed by atoms with Gasteiger partial charge in [-0.25, -0.2) is 4.98 Å². The van der Waals surface area contributed by atoms with Crippen LogP contribution in [0.1, 0.15) is 35.6 Å². The van der Waals surface area contributed by atoms with E-state index in [0.29, 0.717) is 23.1 Å². The van der Waals surface area contributed by atoms with Gasteiger partial charge in [-0.15, -0.1) is 11.3 Å². The lowest BCUT2D eigenvalue weighted by Gasteiger charge is -2.35. The number of nitrogens with zero attached hydrogens (tertiary/aromatic N) is 2. The number of piperidine rings is 1. The zero-order valence-electron chi connectivity index (χ0n) is 17.2. The predicted molar refractivity (Wildman–Crippen MR) is 123 cm³/mol. The van der Waals surface area contributed by atoms with Gasteiger partial charge in [-0.05, 0) is 48.6 Å². The van der Waals surface area contributed by atoms with E-state index >= 15 is 0 Å². The highest BCUT2D eigenvalue weighted by Gasteiger charge is 2.27. The van der Waals surface area contributed by atoms with Crippen molar-refractivity contribution in [2.45, 2.75) is 20.3 Å². The molecule has 4 rings (SSSR count). The number of amides is 2. The van der Waals surface area contributed by atoms with Crippen LogP contribution in [0.5, 0.6) is 0 Å². The number of hydrogen-bond donors (Lipinski definition) is 1. The lowest BCUT2D eigenvalue weighted by atomic mass is 9.91. The maximum absolute atomic E-state index is 13.1. The smallest absolute Gasteiger partial charge is 0.255 e. The number of benzene rings is 2. The van der Waals surface area contributed by atoms with Gasteiger partial charge in [-0.1, -0.05) is 38.1 Å². The Morgan fingerprint density at radius 2 is 1.77 bits per heavy atom. The van der Waals surface area contributed by atoms with Gasteiger partial charge in [0.25, 0.3) is 5.91 Å². The van der Waals surface area contributed by atoms with Crippen molar-refractivity contribution in [2.24, 2.45) is 11.8 Å². The lowest BCUT2D eigenvalue weighted by Crippen LogP contribution is -2.42. The van der Waals surface area contributed by atoms with Crippen molar-refractivity contribution in [1.29, 1.82) is 0 Å². The highest BCUT2D eigenvalue weighted by molar-refractivity contribution is 7.19. The van der Waals surface area contributed by atoms with E-state index in [1.807, 2.05) is 41.3 Å². The van der Waals surface area contributed by atoms with Gasteiger partial charge in [0, 0.05) is 19.2 Å². The number of para-hydroxylation sites is 2. The van der Waals surface area contributed by atoms with Gasteiger partial charge in [0.15, 0.2) is 0 Å². The van der Waals surface area contributed by atoms with Crippen molar-refractivity contribution in [3.63, 3.8) is 0 Å². The Balaban J connectivity index is 1.48. The number of hydrogen-bond acceptors (Lipinski definition) is 4. The first-order chi connectivity index (χ1) is 14.5. The molecule has 0 radical (unpaired) electrons. The highest BCUT2D eigenvalue weighted by atomic mass is 32.1. The molecule has 6 heteroatoms. The molecule has 0 spiro atoms. The molecular formula is C24H25N3O2S. The maximum Gasteiger partial charge on any atom is 0.255 e. The van der Waals surface area contributed by atoms with Crippen LogP contribution >= 0.6 is 11.3 Å². The number of nitrogens with one attached hydrogen (secondary N) is 1. The van der Waals surface area contributed by atoms with E-state index in [-0.39, 0.29) is 11.8 Å². The molecule has 2 heterocycles. The Morgan fingerprint density at radius 1 is 1.07 bits per heavy atom. The average Bonchev–Trinajstić information content (AvgIpc) is 3.14. The van der Waals surface area contributed by atoms with E-state index in [1.54, 1.807) is 18.2 Å². The summed E-state index contributed by atoms with van der Waals surface area (Å²) in [4.78, 5) is 32.0. The standard InChI is InChI=1S/C24H25N3O2S/c1-16-13-17(2)15-27(14-16)24(29)18-7-3-4-8-19(18)25-22(28)11-12-23-26-20-9-5-6-10-21(20)30-23/h3-12,16-17H,13-15H2,1-2H3,(H,25,28)/b12-11+. The zero-order chi connectivity index (χ0) is 21.1. The summed E-state index contributed by atoms with van der Waals surface area (Å²) in [6.45, 7) is 5.86. The number of fused-ring (bicyclic) bond motifs is 1. The van der Waals surface area contributed by atoms with Gasteiger partial charge in [-0.2, -0.15) is 0 Å². The van der Waals surface area contributed by atoms with Gasteiger partial charge in [0.05, 0.1) is 21.5 Å². The fourth-order valence-corrected chi connectivity index (χ4v) is 4.93. The monoisotopic (exact) mass is 419 g/mol. The first kappa shape index (κ1) is 20.3. The molecule has 2 unspecified atom stereocenters. The van der Waals surface area contributed by atoms with E-state index in [9.17, 15) is 9.59 Å². The molecule has 2 amide bonds. The number of aromatic nitrogens is 1. The molecular weight excluding hydrogens is 394 g/mol. The molecule has 1 aliphatic rings. The van der Waals surface area contributed by atoms with Crippen molar-refractivity contribution >= 4 is 45.1 Å². The van der Waals surface area contributed by atoms with Gasteiger partial charge < -0.3 is 10.2 Å². The molecule has 1 fully saturated rings. The van der Waals surface area contributed by atoms with Crippen LogP contribution in [0, 0.1) is 11.8 Å². The molecule has 0 bridgehead atoms. The maximum atomic E-state index is 13.1. The van der Waals surface area contributed by atoms with Gasteiger partial charge in [0.1, 0.15) is 5.01 Å². The zero-order valence-corrected chi connectivity index (χ0v) is 18.0. The molecule has 1 saturated heterocycles. The van der Waals surface area contributed by atoms with Crippen LogP contribution < -0.4 is 5.32 Å². The van der Waals surface area contributed by atoms with Gasteiger partial charge >= 0.3 is 0 Å². The lowest BCUT2D eigenvalue weighted by molar-refractivity contribution is -0.111. The summed E-state index contributed by atoms with van der Waals surface area (Å²) >= 11 is 1.53. The molecule has 1 aliphatic heterocycles. The summed E-state index contributed by atoms with van der Waals surface area (Å²) in [5.41, 5.74) is 1.98. The van der Waals surface area contributed by atoms with Gasteiger partial charge in [-0.3, -0.25) is 9.59 Å². The second-order valence-corrected chi connectivity index (χ2v) is 9.11. The van der Waals surface area contributed by atoms with Crippen molar-refractivity contribution in [1.82, 2.24) is 9.88 Å². The second-order valence-electron chi connectivity index (χ2n) is 8.04. The fourth-order valence-electron chi connectivity index (χ4n) is 4.06. The molecule has 1 N–H and O–H groups in total. The van der Waals surface area contributed by atoms with Crippen LogP contribution in [-0.4, -0.2) is 34.8 Å². The molecule has 1 aromatic heterocycles. The normalized spacial score (nSPS) is 19.3. The SMILES string of the molecule is CC1CC(C)CN(C(=O)c2ccccc2NC(=O)/C=C/c2nc3ccccc3s2)C1. The summed E-state index contributed by atoms with van der Waals surface area (Å²) in [5, 5.41) is 3.63. The quantitative estimate of drug-likeness (QED) is 0.601. The van der Waals surface area contributed by atoms with E-state index in [1.165, 1.54) is 17.4 Å². The summed E-state index contributed by atoms with van der Waals surface area (Å²) in [6, 6.07) is 15.1. The second kappa shape index (κ2) is 8.79. The predicted octanol–water partition coefficient (Wildman–Crippen LogP) is 5.07. The topological polar surface area (TPSA) is 62.3 Å². The Bertz CT molecular complexity index is 1060. The molecule has 30 heavy (non-hydrogen) atoms. The van der Waals surface area contributed by atoms with Crippen molar-refractivity contribution < 1.29 is 9.59 Å². The number of rotatable bonds is 4. The minimum atomic E-state index is -0.283. The number of carbonyl (C=O) groups is 2. The van der Waals surface area contributed by atoms with E-state index in [2.05, 4.69) is 24.1 Å². The summed E-state index contributed by atoms with van der Waals surface area (Å²) in [5.74, 6) is 0.654. The van der Waals surface area contributed by atoms with Gasteiger partial charge in [0.2, 0.25) is 5.91 Å². The third-order valence-corrected chi connectivity index (χ3v) is 6.26. The largest absolute Gasteiger partial charge is 0.338 e. The molecule has 2 atom stereocenters. The first-order valence-electron chi connectivity index (χ1n) is 10.2. The number of likely N-dealkylation sites (tertiary alicyclic amines) is 1. The Kier molecular flexibility index (Phi) is 5.95. The van der Waals surface area contributed by atoms with E-state index < -0.39 is 0 Å². The molecule has 5 nitrogen and oxygen atoms in total. The molecule has 0 saturated carbocycles. The molecule has 3 aromatic rings. The third kappa shape index (κ3) is 4.60. The average molecular weight is 420 g/mol.